The van der Waals surface area contributed by atoms with Crippen molar-refractivity contribution in [2.45, 2.75) is 10.9 Å². The van der Waals surface area contributed by atoms with Crippen LogP contribution in [-0.2, 0) is 14.8 Å². The Morgan fingerprint density at radius 3 is 2.44 bits per heavy atom. The second kappa shape index (κ2) is 6.19. The van der Waals surface area contributed by atoms with Crippen molar-refractivity contribution in [1.82, 2.24) is 4.72 Å². The summed E-state index contributed by atoms with van der Waals surface area (Å²) < 4.78 is 45.9. The molecule has 3 N–H and O–H groups in total. The maximum atomic E-state index is 13.7. The first-order valence-electron chi connectivity index (χ1n) is 6.99. The number of fused-ring (bicyclic) bond motifs is 1. The Bertz CT molecular complexity index is 1040. The second-order valence-electron chi connectivity index (χ2n) is 5.19. The quantitative estimate of drug-likeness (QED) is 0.639. The third kappa shape index (κ3) is 3.19. The third-order valence-electron chi connectivity index (χ3n) is 3.56. The van der Waals surface area contributed by atoms with Crippen LogP contribution in [0.3, 0.4) is 0 Å². The summed E-state index contributed by atoms with van der Waals surface area (Å²) in [6.07, 6.45) is 1.14. The fraction of sp³-hybridized carbons (Fsp3) is 0.0625. The Labute approximate surface area is 141 Å². The highest BCUT2D eigenvalue weighted by Gasteiger charge is 2.29. The first-order chi connectivity index (χ1) is 11.8. The molecule has 0 saturated heterocycles. The van der Waals surface area contributed by atoms with E-state index in [-0.39, 0.29) is 27.2 Å². The minimum absolute atomic E-state index is 0.00217. The van der Waals surface area contributed by atoms with Crippen LogP contribution >= 0.6 is 0 Å². The molecule has 0 fully saturated rings. The van der Waals surface area contributed by atoms with Gasteiger partial charge in [0.1, 0.15) is 11.8 Å². The van der Waals surface area contributed by atoms with Crippen molar-refractivity contribution >= 4 is 27.0 Å². The van der Waals surface area contributed by atoms with Gasteiger partial charge < -0.3 is 14.6 Å². The fourth-order valence-electron chi connectivity index (χ4n) is 2.38. The van der Waals surface area contributed by atoms with Gasteiger partial charge in [0.05, 0.1) is 11.2 Å². The van der Waals surface area contributed by atoms with Crippen LogP contribution in [0.4, 0.5) is 4.39 Å². The normalized spacial score (nSPS) is 13.0. The van der Waals surface area contributed by atoms with E-state index in [4.69, 9.17) is 4.42 Å². The maximum Gasteiger partial charge on any atom is 0.326 e. The lowest BCUT2D eigenvalue weighted by Gasteiger charge is -2.15. The van der Waals surface area contributed by atoms with Gasteiger partial charge in [-0.25, -0.2) is 12.8 Å². The highest BCUT2D eigenvalue weighted by Crippen LogP contribution is 2.28. The van der Waals surface area contributed by atoms with Crippen molar-refractivity contribution in [3.8, 4) is 5.75 Å². The van der Waals surface area contributed by atoms with Crippen LogP contribution in [0.2, 0.25) is 0 Å². The number of benzene rings is 2. The number of carbonyl (C=O) groups is 1. The summed E-state index contributed by atoms with van der Waals surface area (Å²) >= 11 is 0. The van der Waals surface area contributed by atoms with Crippen molar-refractivity contribution in [1.29, 1.82) is 0 Å². The van der Waals surface area contributed by atoms with E-state index in [0.717, 1.165) is 18.4 Å². The average Bonchev–Trinajstić information content (AvgIpc) is 3.04. The van der Waals surface area contributed by atoms with E-state index in [1.807, 2.05) is 0 Å². The zero-order chi connectivity index (χ0) is 18.2. The Morgan fingerprint density at radius 2 is 1.80 bits per heavy atom. The molecule has 25 heavy (non-hydrogen) atoms. The standard InChI is InChI=1S/C16H12FNO6S/c17-12-5-6-13(11-7-8-24-15(11)12)25(22,23)18-14(16(20)21)9-1-3-10(19)4-2-9/h1-8,14,18-19H,(H,20,21)/t14-/m1/s1. The lowest BCUT2D eigenvalue weighted by molar-refractivity contribution is -0.139. The van der Waals surface area contributed by atoms with Gasteiger partial charge in [-0.3, -0.25) is 4.79 Å². The molecule has 2 aromatic carbocycles. The predicted octanol–water partition coefficient (Wildman–Crippen LogP) is 2.38. The molecule has 1 atom stereocenters. The fourth-order valence-corrected chi connectivity index (χ4v) is 3.75. The summed E-state index contributed by atoms with van der Waals surface area (Å²) in [4.78, 5) is 11.2. The average molecular weight is 365 g/mol. The van der Waals surface area contributed by atoms with Gasteiger partial charge >= 0.3 is 5.97 Å². The smallest absolute Gasteiger partial charge is 0.326 e. The van der Waals surface area contributed by atoms with Gasteiger partial charge in [-0.1, -0.05) is 12.1 Å². The first kappa shape index (κ1) is 16.9. The summed E-state index contributed by atoms with van der Waals surface area (Å²) in [5.41, 5.74) is -0.112. The van der Waals surface area contributed by atoms with Crippen molar-refractivity contribution in [3.05, 3.63) is 60.1 Å². The molecular formula is C16H12FNO6S. The van der Waals surface area contributed by atoms with Crippen LogP contribution in [0.25, 0.3) is 11.0 Å². The highest BCUT2D eigenvalue weighted by atomic mass is 32.2. The Balaban J connectivity index is 2.03. The number of carboxylic acids is 1. The molecule has 0 radical (unpaired) electrons. The van der Waals surface area contributed by atoms with E-state index in [0.29, 0.717) is 0 Å². The topological polar surface area (TPSA) is 117 Å². The predicted molar refractivity (Wildman–Crippen MR) is 85.0 cm³/mol. The van der Waals surface area contributed by atoms with Crippen LogP contribution in [0.1, 0.15) is 11.6 Å². The van der Waals surface area contributed by atoms with Crippen molar-refractivity contribution < 1.29 is 32.2 Å². The number of phenolic OH excluding ortho intramolecular Hbond substituents is 1. The summed E-state index contributed by atoms with van der Waals surface area (Å²) in [6.45, 7) is 0. The van der Waals surface area contributed by atoms with Crippen LogP contribution in [-0.4, -0.2) is 24.6 Å². The third-order valence-corrected chi connectivity index (χ3v) is 5.05. The van der Waals surface area contributed by atoms with Gasteiger partial charge in [0.2, 0.25) is 10.0 Å². The summed E-state index contributed by atoms with van der Waals surface area (Å²) in [7, 11) is -4.30. The number of aliphatic carboxylic acids is 1. The summed E-state index contributed by atoms with van der Waals surface area (Å²) in [5.74, 6) is -2.25. The molecule has 0 bridgehead atoms. The minimum atomic E-state index is -4.30. The largest absolute Gasteiger partial charge is 0.508 e. The number of aromatic hydroxyl groups is 1. The van der Waals surface area contributed by atoms with E-state index >= 15 is 0 Å². The number of rotatable bonds is 5. The lowest BCUT2D eigenvalue weighted by atomic mass is 10.1. The van der Waals surface area contributed by atoms with E-state index in [1.165, 1.54) is 30.3 Å². The number of hydrogen-bond acceptors (Lipinski definition) is 5. The van der Waals surface area contributed by atoms with Crippen LogP contribution in [0, 0.1) is 5.82 Å². The lowest BCUT2D eigenvalue weighted by Crippen LogP contribution is -2.33. The Kier molecular flexibility index (Phi) is 4.19. The number of furan rings is 1. The second-order valence-corrected chi connectivity index (χ2v) is 6.88. The molecule has 1 heterocycles. The molecule has 0 unspecified atom stereocenters. The van der Waals surface area contributed by atoms with Crippen LogP contribution in [0.5, 0.6) is 5.75 Å². The molecule has 0 saturated carbocycles. The molecule has 0 spiro atoms. The Morgan fingerprint density at radius 1 is 1.12 bits per heavy atom. The maximum absolute atomic E-state index is 13.7. The van der Waals surface area contributed by atoms with Gasteiger partial charge in [0.15, 0.2) is 11.4 Å². The molecule has 0 aliphatic carbocycles. The molecule has 3 aromatic rings. The number of halogens is 1. The number of nitrogens with one attached hydrogen (secondary N) is 1. The number of sulfonamides is 1. The molecule has 7 nitrogen and oxygen atoms in total. The van der Waals surface area contributed by atoms with Gasteiger partial charge in [-0.2, -0.15) is 4.72 Å². The molecule has 130 valence electrons. The molecule has 0 aliphatic heterocycles. The zero-order valence-electron chi connectivity index (χ0n) is 12.5. The van der Waals surface area contributed by atoms with E-state index < -0.39 is 27.9 Å². The van der Waals surface area contributed by atoms with Gasteiger partial charge in [-0.15, -0.1) is 0 Å². The number of hydrogen-bond donors (Lipinski definition) is 3. The van der Waals surface area contributed by atoms with Crippen molar-refractivity contribution in [2.24, 2.45) is 0 Å². The highest BCUT2D eigenvalue weighted by molar-refractivity contribution is 7.89. The van der Waals surface area contributed by atoms with Crippen LogP contribution in [0.15, 0.2) is 58.0 Å². The van der Waals surface area contributed by atoms with Gasteiger partial charge in [0.25, 0.3) is 0 Å². The molecule has 9 heteroatoms. The molecule has 0 aliphatic rings. The molecule has 0 amide bonds. The first-order valence-corrected chi connectivity index (χ1v) is 8.47. The van der Waals surface area contributed by atoms with Crippen LogP contribution < -0.4 is 4.72 Å². The molecule has 1 aromatic heterocycles. The zero-order valence-corrected chi connectivity index (χ0v) is 13.3. The van der Waals surface area contributed by atoms with Crippen molar-refractivity contribution in [2.75, 3.05) is 0 Å². The number of carboxylic acid groups (broad SMARTS) is 1. The van der Waals surface area contributed by atoms with Gasteiger partial charge in [-0.05, 0) is 35.9 Å². The van der Waals surface area contributed by atoms with Gasteiger partial charge in [0, 0.05) is 5.39 Å². The summed E-state index contributed by atoms with van der Waals surface area (Å²) in [5, 5.41) is 18.6. The van der Waals surface area contributed by atoms with E-state index in [9.17, 15) is 27.8 Å². The molecular weight excluding hydrogens is 353 g/mol. The SMILES string of the molecule is O=C(O)[C@H](NS(=O)(=O)c1ccc(F)c2occc12)c1ccc(O)cc1. The summed E-state index contributed by atoms with van der Waals surface area (Å²) in [6, 6.07) is 6.71. The monoisotopic (exact) mass is 365 g/mol. The van der Waals surface area contributed by atoms with E-state index in [2.05, 4.69) is 4.72 Å². The van der Waals surface area contributed by atoms with E-state index in [1.54, 1.807) is 0 Å². The number of phenols is 1. The molecule has 3 rings (SSSR count). The Hall–Kier alpha value is -2.91. The van der Waals surface area contributed by atoms with Crippen molar-refractivity contribution in [3.63, 3.8) is 0 Å². The minimum Gasteiger partial charge on any atom is -0.508 e.